The van der Waals surface area contributed by atoms with E-state index < -0.39 is 0 Å². The lowest BCUT2D eigenvalue weighted by atomic mass is 10.1. The lowest BCUT2D eigenvalue weighted by Crippen LogP contribution is -2.25. The van der Waals surface area contributed by atoms with Crippen LogP contribution in [-0.4, -0.2) is 17.0 Å². The third-order valence-corrected chi connectivity index (χ3v) is 1.50. The first kappa shape index (κ1) is 10.3. The molecule has 0 radical (unpaired) electrons. The van der Waals surface area contributed by atoms with Crippen LogP contribution < -0.4 is 5.73 Å². The molecule has 3 nitrogen and oxygen atoms in total. The van der Waals surface area contributed by atoms with Gasteiger partial charge < -0.3 is 5.73 Å². The van der Waals surface area contributed by atoms with E-state index in [9.17, 15) is 0 Å². The van der Waals surface area contributed by atoms with Crippen molar-refractivity contribution < 1.29 is 0 Å². The zero-order chi connectivity index (χ0) is 8.69. The summed E-state index contributed by atoms with van der Waals surface area (Å²) in [5.74, 6) is 0.0794. The minimum Gasteiger partial charge on any atom is -0.386 e. The van der Waals surface area contributed by atoms with Gasteiger partial charge in [-0.05, 0) is 18.6 Å². The summed E-state index contributed by atoms with van der Waals surface area (Å²) >= 11 is 4.43. The number of unbranched alkanes of at least 4 members (excludes halogenated alkanes) is 1. The van der Waals surface area contributed by atoms with Gasteiger partial charge in [-0.2, -0.15) is 0 Å². The standard InChI is InChI=1S/C7H13N3S/c1-2-3-4-6(7(8)9)10-5-11/h6H,2-4H2,1H3,(H3,8,9). The Bertz CT molecular complexity index is 171. The Balaban J connectivity index is 3.89. The van der Waals surface area contributed by atoms with Crippen molar-refractivity contribution in [3.05, 3.63) is 0 Å². The molecular weight excluding hydrogens is 158 g/mol. The minimum atomic E-state index is -0.243. The number of nitrogens with zero attached hydrogens (tertiary/aromatic N) is 1. The molecule has 0 rings (SSSR count). The average molecular weight is 171 g/mol. The maximum Gasteiger partial charge on any atom is 0.117 e. The Hall–Kier alpha value is -0.730. The third-order valence-electron chi connectivity index (χ3n) is 1.40. The SMILES string of the molecule is CCCCC(N=C=S)C(=N)N. The summed E-state index contributed by atoms with van der Waals surface area (Å²) in [6.45, 7) is 2.08. The van der Waals surface area contributed by atoms with Gasteiger partial charge in [0, 0.05) is 0 Å². The molecule has 1 unspecified atom stereocenters. The molecule has 0 aliphatic rings. The second-order valence-corrected chi connectivity index (χ2v) is 2.52. The highest BCUT2D eigenvalue weighted by atomic mass is 32.1. The molecule has 0 aliphatic heterocycles. The molecule has 4 heteroatoms. The fraction of sp³-hybridized carbons (Fsp3) is 0.714. The number of isothiocyanates is 1. The summed E-state index contributed by atoms with van der Waals surface area (Å²) in [5.41, 5.74) is 5.27. The van der Waals surface area contributed by atoms with Gasteiger partial charge >= 0.3 is 0 Å². The minimum absolute atomic E-state index is 0.0794. The van der Waals surface area contributed by atoms with Crippen LogP contribution in [0.3, 0.4) is 0 Å². The zero-order valence-corrected chi connectivity index (χ0v) is 7.45. The van der Waals surface area contributed by atoms with Gasteiger partial charge in [-0.3, -0.25) is 5.41 Å². The summed E-state index contributed by atoms with van der Waals surface area (Å²) in [5, 5.41) is 9.38. The molecule has 1 atom stereocenters. The van der Waals surface area contributed by atoms with Crippen molar-refractivity contribution in [3.8, 4) is 0 Å². The molecule has 3 N–H and O–H groups in total. The lowest BCUT2D eigenvalue weighted by molar-refractivity contribution is 0.674. The van der Waals surface area contributed by atoms with E-state index in [1.165, 1.54) is 0 Å². The van der Waals surface area contributed by atoms with Gasteiger partial charge in [-0.15, -0.1) is 0 Å². The Labute approximate surface area is 72.2 Å². The second-order valence-electron chi connectivity index (χ2n) is 2.33. The topological polar surface area (TPSA) is 62.2 Å². The summed E-state index contributed by atoms with van der Waals surface area (Å²) in [4.78, 5) is 3.78. The van der Waals surface area contributed by atoms with Crippen LogP contribution in [0.15, 0.2) is 4.99 Å². The number of amidine groups is 1. The van der Waals surface area contributed by atoms with Gasteiger partial charge in [0.1, 0.15) is 11.9 Å². The van der Waals surface area contributed by atoms with Crippen molar-refractivity contribution in [2.24, 2.45) is 10.7 Å². The van der Waals surface area contributed by atoms with Gasteiger partial charge in [0.15, 0.2) is 0 Å². The molecule has 0 aromatic heterocycles. The molecule has 0 fully saturated rings. The number of hydrogen-bond donors (Lipinski definition) is 2. The van der Waals surface area contributed by atoms with E-state index >= 15 is 0 Å². The highest BCUT2D eigenvalue weighted by molar-refractivity contribution is 7.78. The highest BCUT2D eigenvalue weighted by Gasteiger charge is 2.07. The van der Waals surface area contributed by atoms with Crippen LogP contribution in [0.4, 0.5) is 0 Å². The quantitative estimate of drug-likeness (QED) is 0.375. The molecule has 0 spiro atoms. The number of rotatable bonds is 5. The molecule has 0 bridgehead atoms. The Morgan fingerprint density at radius 3 is 2.82 bits per heavy atom. The molecule has 0 aromatic carbocycles. The molecule has 0 aliphatic carbocycles. The first-order chi connectivity index (χ1) is 5.22. The maximum absolute atomic E-state index is 7.13. The third kappa shape index (κ3) is 4.65. The Kier molecular flexibility index (Phi) is 5.61. The van der Waals surface area contributed by atoms with E-state index in [4.69, 9.17) is 11.1 Å². The van der Waals surface area contributed by atoms with Crippen molar-refractivity contribution >= 4 is 23.2 Å². The highest BCUT2D eigenvalue weighted by Crippen LogP contribution is 2.03. The Morgan fingerprint density at radius 1 is 1.82 bits per heavy atom. The molecule has 0 aromatic rings. The molecule has 0 amide bonds. The molecule has 0 saturated heterocycles. The zero-order valence-electron chi connectivity index (χ0n) is 6.63. The van der Waals surface area contributed by atoms with E-state index in [0.29, 0.717) is 0 Å². The predicted octanol–water partition coefficient (Wildman–Crippen LogP) is 1.58. The summed E-state index contributed by atoms with van der Waals surface area (Å²) < 4.78 is 0. The number of nitrogens with two attached hydrogens (primary N) is 1. The van der Waals surface area contributed by atoms with E-state index in [1.54, 1.807) is 0 Å². The van der Waals surface area contributed by atoms with Crippen molar-refractivity contribution in [2.45, 2.75) is 32.2 Å². The maximum atomic E-state index is 7.13. The monoisotopic (exact) mass is 171 g/mol. The smallest absolute Gasteiger partial charge is 0.117 e. The number of hydrogen-bond acceptors (Lipinski definition) is 3. The van der Waals surface area contributed by atoms with Gasteiger partial charge in [-0.1, -0.05) is 19.8 Å². The van der Waals surface area contributed by atoms with Gasteiger partial charge in [0.05, 0.1) is 5.16 Å². The van der Waals surface area contributed by atoms with Crippen LogP contribution in [-0.2, 0) is 0 Å². The summed E-state index contributed by atoms with van der Waals surface area (Å²) in [6, 6.07) is -0.243. The van der Waals surface area contributed by atoms with E-state index in [-0.39, 0.29) is 11.9 Å². The van der Waals surface area contributed by atoms with Crippen molar-refractivity contribution in [2.75, 3.05) is 0 Å². The normalized spacial score (nSPS) is 11.7. The van der Waals surface area contributed by atoms with Crippen LogP contribution in [0.5, 0.6) is 0 Å². The number of aliphatic imine (C=N–C) groups is 1. The summed E-state index contributed by atoms with van der Waals surface area (Å²) in [7, 11) is 0. The van der Waals surface area contributed by atoms with Crippen molar-refractivity contribution in [1.82, 2.24) is 0 Å². The van der Waals surface area contributed by atoms with Crippen LogP contribution in [0.25, 0.3) is 0 Å². The van der Waals surface area contributed by atoms with Gasteiger partial charge in [0.2, 0.25) is 0 Å². The van der Waals surface area contributed by atoms with Crippen LogP contribution in [0, 0.1) is 5.41 Å². The van der Waals surface area contributed by atoms with Gasteiger partial charge in [0.25, 0.3) is 0 Å². The molecular formula is C7H13N3S. The van der Waals surface area contributed by atoms with Crippen LogP contribution in [0.2, 0.25) is 0 Å². The van der Waals surface area contributed by atoms with E-state index in [2.05, 4.69) is 29.3 Å². The predicted molar refractivity (Wildman–Crippen MR) is 50.3 cm³/mol. The number of nitrogens with one attached hydrogen (secondary N) is 1. The average Bonchev–Trinajstić information content (AvgIpc) is 1.97. The first-order valence-electron chi connectivity index (χ1n) is 3.63. The largest absolute Gasteiger partial charge is 0.386 e. The van der Waals surface area contributed by atoms with Crippen LogP contribution in [0.1, 0.15) is 26.2 Å². The molecule has 11 heavy (non-hydrogen) atoms. The Morgan fingerprint density at radius 2 is 2.45 bits per heavy atom. The number of thiocarbonyl (C=S) groups is 1. The molecule has 62 valence electrons. The van der Waals surface area contributed by atoms with Crippen molar-refractivity contribution in [3.63, 3.8) is 0 Å². The fourth-order valence-corrected chi connectivity index (χ4v) is 0.878. The summed E-state index contributed by atoms with van der Waals surface area (Å²) in [6.07, 6.45) is 2.90. The van der Waals surface area contributed by atoms with Gasteiger partial charge in [-0.25, -0.2) is 4.99 Å². The van der Waals surface area contributed by atoms with E-state index in [0.717, 1.165) is 19.3 Å². The van der Waals surface area contributed by atoms with Crippen molar-refractivity contribution in [1.29, 1.82) is 5.41 Å². The fourth-order valence-electron chi connectivity index (χ4n) is 0.751. The molecule has 0 saturated carbocycles. The van der Waals surface area contributed by atoms with Crippen LogP contribution >= 0.6 is 12.2 Å². The first-order valence-corrected chi connectivity index (χ1v) is 4.04. The lowest BCUT2D eigenvalue weighted by Gasteiger charge is -2.06. The van der Waals surface area contributed by atoms with E-state index in [1.807, 2.05) is 0 Å². The second kappa shape index (κ2) is 6.01. The molecule has 0 heterocycles.